The van der Waals surface area contributed by atoms with Gasteiger partial charge in [-0.3, -0.25) is 5.84 Å². The Morgan fingerprint density at radius 3 is 2.85 bits per heavy atom. The summed E-state index contributed by atoms with van der Waals surface area (Å²) in [7, 11) is 0. The maximum Gasteiger partial charge on any atom is 0.0991 e. The van der Waals surface area contributed by atoms with Crippen molar-refractivity contribution in [3.63, 3.8) is 0 Å². The van der Waals surface area contributed by atoms with Crippen LogP contribution in [0.2, 0.25) is 0 Å². The molecule has 0 unspecified atom stereocenters. The molecule has 0 fully saturated rings. The molecule has 0 spiro atoms. The molecule has 0 saturated carbocycles. The monoisotopic (exact) mass is 175 g/mol. The third-order valence-corrected chi connectivity index (χ3v) is 1.91. The van der Waals surface area contributed by atoms with Gasteiger partial charge in [-0.15, -0.1) is 0 Å². The summed E-state index contributed by atoms with van der Waals surface area (Å²) in [6.45, 7) is 2.10. The molecular weight excluding hydrogens is 162 g/mol. The standard InChI is InChI=1S/C10H13N3/c1-2-3-9-6-8(7-11)4-5-10(9)13-12/h4-6,13H,2-3,12H2,1H3. The maximum absolute atomic E-state index is 8.69. The van der Waals surface area contributed by atoms with Gasteiger partial charge in [0, 0.05) is 0 Å². The second-order valence-electron chi connectivity index (χ2n) is 2.88. The van der Waals surface area contributed by atoms with E-state index < -0.39 is 0 Å². The van der Waals surface area contributed by atoms with Gasteiger partial charge in [0.15, 0.2) is 0 Å². The highest BCUT2D eigenvalue weighted by Gasteiger charge is 2.01. The van der Waals surface area contributed by atoms with Gasteiger partial charge in [0.05, 0.1) is 17.3 Å². The number of aryl methyl sites for hydroxylation is 1. The number of hydrazine groups is 1. The molecule has 0 saturated heterocycles. The van der Waals surface area contributed by atoms with Crippen LogP contribution in [0.5, 0.6) is 0 Å². The van der Waals surface area contributed by atoms with Gasteiger partial charge < -0.3 is 5.43 Å². The number of nitriles is 1. The molecule has 0 aliphatic carbocycles. The van der Waals surface area contributed by atoms with Crippen LogP contribution in [-0.2, 0) is 6.42 Å². The van der Waals surface area contributed by atoms with Gasteiger partial charge in [-0.05, 0) is 30.2 Å². The highest BCUT2D eigenvalue weighted by molar-refractivity contribution is 5.53. The Hall–Kier alpha value is -1.53. The highest BCUT2D eigenvalue weighted by Crippen LogP contribution is 2.17. The van der Waals surface area contributed by atoms with E-state index in [1.54, 1.807) is 6.07 Å². The van der Waals surface area contributed by atoms with E-state index in [1.807, 2.05) is 12.1 Å². The Morgan fingerprint density at radius 1 is 1.54 bits per heavy atom. The van der Waals surface area contributed by atoms with E-state index in [0.29, 0.717) is 5.56 Å². The van der Waals surface area contributed by atoms with Crippen molar-refractivity contribution in [3.8, 4) is 6.07 Å². The van der Waals surface area contributed by atoms with Gasteiger partial charge in [0.2, 0.25) is 0 Å². The van der Waals surface area contributed by atoms with Gasteiger partial charge in [0.25, 0.3) is 0 Å². The minimum atomic E-state index is 0.683. The average molecular weight is 175 g/mol. The smallest absolute Gasteiger partial charge is 0.0991 e. The minimum absolute atomic E-state index is 0.683. The molecule has 0 aliphatic heterocycles. The second-order valence-corrected chi connectivity index (χ2v) is 2.88. The molecule has 3 heteroatoms. The molecule has 0 radical (unpaired) electrons. The first-order valence-electron chi connectivity index (χ1n) is 4.31. The van der Waals surface area contributed by atoms with Crippen molar-refractivity contribution in [2.75, 3.05) is 5.43 Å². The van der Waals surface area contributed by atoms with E-state index in [4.69, 9.17) is 11.1 Å². The summed E-state index contributed by atoms with van der Waals surface area (Å²) in [6.07, 6.45) is 1.98. The van der Waals surface area contributed by atoms with Crippen LogP contribution in [0.25, 0.3) is 0 Å². The van der Waals surface area contributed by atoms with E-state index in [9.17, 15) is 0 Å². The second kappa shape index (κ2) is 4.48. The summed E-state index contributed by atoms with van der Waals surface area (Å²) in [5.74, 6) is 5.34. The Morgan fingerprint density at radius 2 is 2.31 bits per heavy atom. The van der Waals surface area contributed by atoms with Gasteiger partial charge in [-0.2, -0.15) is 5.26 Å². The minimum Gasteiger partial charge on any atom is -0.324 e. The zero-order valence-corrected chi connectivity index (χ0v) is 7.67. The molecule has 0 atom stereocenters. The molecule has 0 amide bonds. The first-order chi connectivity index (χ1) is 6.31. The lowest BCUT2D eigenvalue weighted by Crippen LogP contribution is -2.09. The number of nitrogens with one attached hydrogen (secondary N) is 1. The van der Waals surface area contributed by atoms with Crippen molar-refractivity contribution in [3.05, 3.63) is 29.3 Å². The van der Waals surface area contributed by atoms with Crippen molar-refractivity contribution in [2.24, 2.45) is 5.84 Å². The normalized spacial score (nSPS) is 9.31. The fourth-order valence-electron chi connectivity index (χ4n) is 1.28. The van der Waals surface area contributed by atoms with Gasteiger partial charge in [0.1, 0.15) is 0 Å². The molecule has 68 valence electrons. The Balaban J connectivity index is 3.04. The Bertz CT molecular complexity index is 325. The zero-order valence-electron chi connectivity index (χ0n) is 7.67. The van der Waals surface area contributed by atoms with Gasteiger partial charge in [-0.1, -0.05) is 13.3 Å². The number of benzene rings is 1. The number of nitrogens with two attached hydrogens (primary N) is 1. The van der Waals surface area contributed by atoms with Gasteiger partial charge >= 0.3 is 0 Å². The number of hydrogen-bond acceptors (Lipinski definition) is 3. The average Bonchev–Trinajstić information content (AvgIpc) is 2.18. The van der Waals surface area contributed by atoms with Crippen molar-refractivity contribution >= 4 is 5.69 Å². The van der Waals surface area contributed by atoms with Crippen molar-refractivity contribution < 1.29 is 0 Å². The van der Waals surface area contributed by atoms with E-state index >= 15 is 0 Å². The predicted octanol–water partition coefficient (Wildman–Crippen LogP) is 1.80. The summed E-state index contributed by atoms with van der Waals surface area (Å²) in [5, 5.41) is 8.69. The molecule has 0 aliphatic rings. The molecule has 0 heterocycles. The highest BCUT2D eigenvalue weighted by atomic mass is 15.2. The molecule has 13 heavy (non-hydrogen) atoms. The number of nitrogen functional groups attached to an aromatic ring is 1. The van der Waals surface area contributed by atoms with Crippen molar-refractivity contribution in [2.45, 2.75) is 19.8 Å². The summed E-state index contributed by atoms with van der Waals surface area (Å²) >= 11 is 0. The molecule has 1 aromatic carbocycles. The van der Waals surface area contributed by atoms with Crippen LogP contribution >= 0.6 is 0 Å². The SMILES string of the molecule is CCCc1cc(C#N)ccc1NN. The van der Waals surface area contributed by atoms with Crippen molar-refractivity contribution in [1.29, 1.82) is 5.26 Å². The molecular formula is C10H13N3. The first-order valence-corrected chi connectivity index (χ1v) is 4.31. The van der Waals surface area contributed by atoms with E-state index in [2.05, 4.69) is 18.4 Å². The van der Waals surface area contributed by atoms with Crippen LogP contribution in [-0.4, -0.2) is 0 Å². The molecule has 1 aromatic rings. The largest absolute Gasteiger partial charge is 0.324 e. The van der Waals surface area contributed by atoms with E-state index in [0.717, 1.165) is 24.1 Å². The molecule has 1 rings (SSSR count). The van der Waals surface area contributed by atoms with E-state index in [-0.39, 0.29) is 0 Å². The van der Waals surface area contributed by atoms with E-state index in [1.165, 1.54) is 0 Å². The third-order valence-electron chi connectivity index (χ3n) is 1.91. The number of anilines is 1. The predicted molar refractivity (Wildman–Crippen MR) is 53.0 cm³/mol. The zero-order chi connectivity index (χ0) is 9.68. The molecule has 3 N–H and O–H groups in total. The summed E-state index contributed by atoms with van der Waals surface area (Å²) in [6, 6.07) is 7.58. The number of nitrogens with zero attached hydrogens (tertiary/aromatic N) is 1. The van der Waals surface area contributed by atoms with Crippen LogP contribution in [0.4, 0.5) is 5.69 Å². The maximum atomic E-state index is 8.69. The lowest BCUT2D eigenvalue weighted by Gasteiger charge is -2.07. The van der Waals surface area contributed by atoms with Crippen LogP contribution in [0, 0.1) is 11.3 Å². The Kier molecular flexibility index (Phi) is 3.30. The number of hydrogen-bond donors (Lipinski definition) is 2. The number of rotatable bonds is 3. The first kappa shape index (κ1) is 9.56. The topological polar surface area (TPSA) is 61.8 Å². The third kappa shape index (κ3) is 2.20. The molecule has 0 bridgehead atoms. The Labute approximate surface area is 78.1 Å². The fraction of sp³-hybridized carbons (Fsp3) is 0.300. The summed E-state index contributed by atoms with van der Waals surface area (Å²) < 4.78 is 0. The fourth-order valence-corrected chi connectivity index (χ4v) is 1.28. The van der Waals surface area contributed by atoms with Crippen LogP contribution in [0.15, 0.2) is 18.2 Å². The lowest BCUT2D eigenvalue weighted by molar-refractivity contribution is 0.921. The van der Waals surface area contributed by atoms with Crippen molar-refractivity contribution in [1.82, 2.24) is 0 Å². The summed E-state index contributed by atoms with van der Waals surface area (Å²) in [4.78, 5) is 0. The quantitative estimate of drug-likeness (QED) is 0.544. The lowest BCUT2D eigenvalue weighted by atomic mass is 10.1. The molecule has 0 aromatic heterocycles. The van der Waals surface area contributed by atoms with Crippen LogP contribution < -0.4 is 11.3 Å². The van der Waals surface area contributed by atoms with Gasteiger partial charge in [-0.25, -0.2) is 0 Å². The summed E-state index contributed by atoms with van der Waals surface area (Å²) in [5.41, 5.74) is 5.31. The van der Waals surface area contributed by atoms with Crippen LogP contribution in [0.1, 0.15) is 24.5 Å². The van der Waals surface area contributed by atoms with Crippen LogP contribution in [0.3, 0.4) is 0 Å². The molecule has 3 nitrogen and oxygen atoms in total.